The van der Waals surface area contributed by atoms with E-state index in [1.807, 2.05) is 20.8 Å². The van der Waals surface area contributed by atoms with Crippen molar-refractivity contribution < 1.29 is 19.0 Å². The lowest BCUT2D eigenvalue weighted by atomic mass is 10.1. The maximum absolute atomic E-state index is 11.1. The smallest absolute Gasteiger partial charge is 0.305 e. The lowest BCUT2D eigenvalue weighted by molar-refractivity contribution is -0.144. The van der Waals surface area contributed by atoms with Gasteiger partial charge in [0.15, 0.2) is 6.29 Å². The molecule has 0 N–H and O–H groups in total. The molecule has 0 spiro atoms. The zero-order valence-electron chi connectivity index (χ0n) is 9.69. The number of ether oxygens (including phenoxy) is 3. The SMILES string of the molecule is CCOC(=O)CCC(C)C1OCC(C)O1. The molecule has 1 aliphatic heterocycles. The van der Waals surface area contributed by atoms with Crippen LogP contribution in [0.1, 0.15) is 33.6 Å². The number of rotatable bonds is 5. The maximum atomic E-state index is 11.1. The molecule has 88 valence electrons. The van der Waals surface area contributed by atoms with E-state index >= 15 is 0 Å². The van der Waals surface area contributed by atoms with Crippen LogP contribution in [0.5, 0.6) is 0 Å². The van der Waals surface area contributed by atoms with Crippen molar-refractivity contribution in [2.45, 2.75) is 46.0 Å². The van der Waals surface area contributed by atoms with Gasteiger partial charge in [-0.2, -0.15) is 0 Å². The molecule has 3 unspecified atom stereocenters. The summed E-state index contributed by atoms with van der Waals surface area (Å²) < 4.78 is 15.8. The Kier molecular flexibility index (Phi) is 5.05. The van der Waals surface area contributed by atoms with Crippen LogP contribution in [0.2, 0.25) is 0 Å². The first-order chi connectivity index (χ1) is 7.13. The second-order valence-corrected chi connectivity index (χ2v) is 3.97. The zero-order chi connectivity index (χ0) is 11.3. The molecule has 0 radical (unpaired) electrons. The van der Waals surface area contributed by atoms with Gasteiger partial charge < -0.3 is 14.2 Å². The summed E-state index contributed by atoms with van der Waals surface area (Å²) in [4.78, 5) is 11.1. The van der Waals surface area contributed by atoms with E-state index in [2.05, 4.69) is 0 Å². The fourth-order valence-electron chi connectivity index (χ4n) is 1.55. The van der Waals surface area contributed by atoms with Crippen molar-refractivity contribution in [3.63, 3.8) is 0 Å². The van der Waals surface area contributed by atoms with E-state index < -0.39 is 0 Å². The van der Waals surface area contributed by atoms with Crippen LogP contribution in [0, 0.1) is 5.92 Å². The minimum Gasteiger partial charge on any atom is -0.466 e. The average Bonchev–Trinajstić information content (AvgIpc) is 2.62. The van der Waals surface area contributed by atoms with E-state index in [9.17, 15) is 4.79 Å². The summed E-state index contributed by atoms with van der Waals surface area (Å²) in [6, 6.07) is 0. The molecule has 3 atom stereocenters. The Hall–Kier alpha value is -0.610. The van der Waals surface area contributed by atoms with Crippen LogP contribution in [0.25, 0.3) is 0 Å². The van der Waals surface area contributed by atoms with Crippen molar-refractivity contribution in [1.29, 1.82) is 0 Å². The van der Waals surface area contributed by atoms with Gasteiger partial charge in [0.05, 0.1) is 19.3 Å². The first kappa shape index (κ1) is 12.5. The first-order valence-corrected chi connectivity index (χ1v) is 5.56. The van der Waals surface area contributed by atoms with E-state index in [1.54, 1.807) is 0 Å². The third-order valence-corrected chi connectivity index (χ3v) is 2.44. The number of carbonyl (C=O) groups excluding carboxylic acids is 1. The van der Waals surface area contributed by atoms with Crippen molar-refractivity contribution in [1.82, 2.24) is 0 Å². The highest BCUT2D eigenvalue weighted by Gasteiger charge is 2.27. The van der Waals surface area contributed by atoms with Gasteiger partial charge in [-0.05, 0) is 20.3 Å². The molecule has 0 aliphatic carbocycles. The van der Waals surface area contributed by atoms with E-state index in [0.717, 1.165) is 6.42 Å². The van der Waals surface area contributed by atoms with Crippen LogP contribution >= 0.6 is 0 Å². The average molecular weight is 216 g/mol. The molecule has 15 heavy (non-hydrogen) atoms. The molecular weight excluding hydrogens is 196 g/mol. The topological polar surface area (TPSA) is 44.8 Å². The normalized spacial score (nSPS) is 27.7. The minimum atomic E-state index is -0.158. The molecular formula is C11H20O4. The number of hydrogen-bond acceptors (Lipinski definition) is 4. The molecule has 0 aromatic heterocycles. The van der Waals surface area contributed by atoms with Gasteiger partial charge in [-0.15, -0.1) is 0 Å². The highest BCUT2D eigenvalue weighted by Crippen LogP contribution is 2.22. The van der Waals surface area contributed by atoms with Gasteiger partial charge in [-0.25, -0.2) is 0 Å². The van der Waals surface area contributed by atoms with Crippen LogP contribution in [0.3, 0.4) is 0 Å². The van der Waals surface area contributed by atoms with Crippen molar-refractivity contribution in [3.05, 3.63) is 0 Å². The molecule has 1 rings (SSSR count). The molecule has 0 saturated carbocycles. The van der Waals surface area contributed by atoms with Crippen LogP contribution in [0.15, 0.2) is 0 Å². The standard InChI is InChI=1S/C11H20O4/c1-4-13-10(12)6-5-8(2)11-14-7-9(3)15-11/h8-9,11H,4-7H2,1-3H3. The van der Waals surface area contributed by atoms with Crippen LogP contribution in [-0.4, -0.2) is 31.6 Å². The molecule has 4 heteroatoms. The van der Waals surface area contributed by atoms with Gasteiger partial charge >= 0.3 is 5.97 Å². The quantitative estimate of drug-likeness (QED) is 0.656. The number of esters is 1. The van der Waals surface area contributed by atoms with Gasteiger partial charge in [0.2, 0.25) is 0 Å². The predicted molar refractivity (Wildman–Crippen MR) is 55.3 cm³/mol. The summed E-state index contributed by atoms with van der Waals surface area (Å²) in [6.07, 6.45) is 1.19. The molecule has 1 heterocycles. The Morgan fingerprint density at radius 2 is 2.33 bits per heavy atom. The number of carbonyl (C=O) groups is 1. The van der Waals surface area contributed by atoms with Crippen LogP contribution in [0.4, 0.5) is 0 Å². The number of hydrogen-bond donors (Lipinski definition) is 0. The Labute approximate surface area is 90.9 Å². The predicted octanol–water partition coefficient (Wildman–Crippen LogP) is 1.73. The van der Waals surface area contributed by atoms with Gasteiger partial charge in [0, 0.05) is 12.3 Å². The zero-order valence-corrected chi connectivity index (χ0v) is 9.69. The summed E-state index contributed by atoms with van der Waals surface area (Å²) in [6.45, 7) is 6.92. The fourth-order valence-corrected chi connectivity index (χ4v) is 1.55. The van der Waals surface area contributed by atoms with E-state index in [4.69, 9.17) is 14.2 Å². The monoisotopic (exact) mass is 216 g/mol. The van der Waals surface area contributed by atoms with E-state index in [0.29, 0.717) is 19.6 Å². The minimum absolute atomic E-state index is 0.143. The third kappa shape index (κ3) is 4.18. The highest BCUT2D eigenvalue weighted by atomic mass is 16.7. The summed E-state index contributed by atoms with van der Waals surface area (Å²) in [7, 11) is 0. The van der Waals surface area contributed by atoms with Crippen LogP contribution in [-0.2, 0) is 19.0 Å². The van der Waals surface area contributed by atoms with Gasteiger partial charge in [0.25, 0.3) is 0 Å². The lowest BCUT2D eigenvalue weighted by Gasteiger charge is -2.17. The summed E-state index contributed by atoms with van der Waals surface area (Å²) >= 11 is 0. The summed E-state index contributed by atoms with van der Waals surface area (Å²) in [5.41, 5.74) is 0. The Morgan fingerprint density at radius 1 is 1.60 bits per heavy atom. The molecule has 1 aliphatic rings. The molecule has 1 saturated heterocycles. The highest BCUT2D eigenvalue weighted by molar-refractivity contribution is 5.69. The van der Waals surface area contributed by atoms with Crippen molar-refractivity contribution in [2.75, 3.05) is 13.2 Å². The second-order valence-electron chi connectivity index (χ2n) is 3.97. The van der Waals surface area contributed by atoms with Crippen molar-refractivity contribution in [3.8, 4) is 0 Å². The largest absolute Gasteiger partial charge is 0.466 e. The molecule has 0 bridgehead atoms. The fraction of sp³-hybridized carbons (Fsp3) is 0.909. The lowest BCUT2D eigenvalue weighted by Crippen LogP contribution is -2.20. The van der Waals surface area contributed by atoms with Gasteiger partial charge in [-0.1, -0.05) is 6.92 Å². The maximum Gasteiger partial charge on any atom is 0.305 e. The molecule has 1 fully saturated rings. The molecule has 0 amide bonds. The molecule has 0 aromatic rings. The van der Waals surface area contributed by atoms with Crippen molar-refractivity contribution >= 4 is 5.97 Å². The molecule has 0 aromatic carbocycles. The van der Waals surface area contributed by atoms with E-state index in [1.165, 1.54) is 0 Å². The Bertz CT molecular complexity index is 205. The Balaban J connectivity index is 2.18. The molecule has 4 nitrogen and oxygen atoms in total. The van der Waals surface area contributed by atoms with Crippen molar-refractivity contribution in [2.24, 2.45) is 5.92 Å². The van der Waals surface area contributed by atoms with Gasteiger partial charge in [-0.3, -0.25) is 4.79 Å². The third-order valence-electron chi connectivity index (χ3n) is 2.44. The summed E-state index contributed by atoms with van der Waals surface area (Å²) in [5, 5.41) is 0. The summed E-state index contributed by atoms with van der Waals surface area (Å²) in [5.74, 6) is 0.0924. The Morgan fingerprint density at radius 3 is 2.87 bits per heavy atom. The van der Waals surface area contributed by atoms with Gasteiger partial charge in [0.1, 0.15) is 0 Å². The second kappa shape index (κ2) is 6.08. The first-order valence-electron chi connectivity index (χ1n) is 5.56. The van der Waals surface area contributed by atoms with Crippen LogP contribution < -0.4 is 0 Å². The van der Waals surface area contributed by atoms with E-state index in [-0.39, 0.29) is 24.3 Å².